The van der Waals surface area contributed by atoms with Crippen LogP contribution in [0.4, 0.5) is 24.8 Å². The molecule has 1 rings (SSSR count). The molecule has 0 aromatic carbocycles. The van der Waals surface area contributed by atoms with E-state index in [9.17, 15) is 18.0 Å². The van der Waals surface area contributed by atoms with Gasteiger partial charge in [-0.1, -0.05) is 0 Å². The molecule has 2 N–H and O–H groups in total. The smallest absolute Gasteiger partial charge is 0.370 e. The molecule has 0 fully saturated rings. The Bertz CT molecular complexity index is 491. The minimum Gasteiger partial charge on any atom is -0.370 e. The molecular weight excluding hydrogens is 285 g/mol. The molecule has 0 aliphatic rings. The Kier molecular flexibility index (Phi) is 5.80. The third-order valence-corrected chi connectivity index (χ3v) is 2.83. The molecule has 0 saturated carbocycles. The van der Waals surface area contributed by atoms with Gasteiger partial charge in [-0.2, -0.15) is 13.2 Å². The second-order valence-electron chi connectivity index (χ2n) is 4.42. The van der Waals surface area contributed by atoms with Gasteiger partial charge in [0.1, 0.15) is 11.6 Å². The summed E-state index contributed by atoms with van der Waals surface area (Å²) in [6, 6.07) is 1.83. The zero-order chi connectivity index (χ0) is 16.0. The van der Waals surface area contributed by atoms with Crippen molar-refractivity contribution in [2.75, 3.05) is 37.3 Å². The van der Waals surface area contributed by atoms with E-state index < -0.39 is 11.7 Å². The summed E-state index contributed by atoms with van der Waals surface area (Å²) in [5.41, 5.74) is -0.813. The average Bonchev–Trinajstić information content (AvgIpc) is 2.43. The van der Waals surface area contributed by atoms with Gasteiger partial charge in [-0.3, -0.25) is 4.79 Å². The van der Waals surface area contributed by atoms with Crippen LogP contribution in [0.25, 0.3) is 0 Å². The number of carbonyl (C=O) groups is 1. The molecule has 0 bridgehead atoms. The van der Waals surface area contributed by atoms with Gasteiger partial charge in [-0.05, 0) is 26.0 Å². The van der Waals surface area contributed by atoms with Crippen molar-refractivity contribution in [2.45, 2.75) is 20.0 Å². The Morgan fingerprint density at radius 2 is 1.81 bits per heavy atom. The quantitative estimate of drug-likeness (QED) is 0.847. The zero-order valence-electron chi connectivity index (χ0n) is 12.2. The fourth-order valence-corrected chi connectivity index (χ4v) is 1.53. The van der Waals surface area contributed by atoms with Crippen molar-refractivity contribution in [1.82, 2.24) is 9.88 Å². The first-order valence-corrected chi connectivity index (χ1v) is 6.58. The lowest BCUT2D eigenvalue weighted by atomic mass is 10.2. The first kappa shape index (κ1) is 17.1. The van der Waals surface area contributed by atoms with E-state index in [1.54, 1.807) is 14.0 Å². The van der Waals surface area contributed by atoms with E-state index in [-0.39, 0.29) is 24.1 Å². The Balaban J connectivity index is 2.90. The lowest BCUT2D eigenvalue weighted by Gasteiger charge is -2.16. The third-order valence-electron chi connectivity index (χ3n) is 2.83. The number of aromatic nitrogens is 1. The predicted octanol–water partition coefficient (Wildman–Crippen LogP) is 2.42. The van der Waals surface area contributed by atoms with Crippen LogP contribution in [0.1, 0.15) is 19.4 Å². The van der Waals surface area contributed by atoms with Crippen LogP contribution in [-0.2, 0) is 11.0 Å². The van der Waals surface area contributed by atoms with Crippen molar-refractivity contribution < 1.29 is 18.0 Å². The van der Waals surface area contributed by atoms with Crippen LogP contribution >= 0.6 is 0 Å². The molecule has 0 aliphatic carbocycles. The highest BCUT2D eigenvalue weighted by Crippen LogP contribution is 2.31. The molecule has 0 atom stereocenters. The first-order valence-electron chi connectivity index (χ1n) is 6.58. The highest BCUT2D eigenvalue weighted by Gasteiger charge is 2.31. The maximum atomic E-state index is 12.8. The van der Waals surface area contributed by atoms with Crippen LogP contribution in [0.5, 0.6) is 0 Å². The van der Waals surface area contributed by atoms with Crippen LogP contribution < -0.4 is 10.6 Å². The van der Waals surface area contributed by atoms with Crippen LogP contribution in [0.15, 0.2) is 12.1 Å². The number of hydrogen-bond donors (Lipinski definition) is 2. The Hall–Kier alpha value is -1.99. The van der Waals surface area contributed by atoms with Crippen molar-refractivity contribution in [2.24, 2.45) is 0 Å². The number of hydrogen-bond acceptors (Lipinski definition) is 4. The lowest BCUT2D eigenvalue weighted by Crippen LogP contribution is -2.32. The van der Waals surface area contributed by atoms with Gasteiger partial charge >= 0.3 is 6.18 Å². The molecule has 1 aromatic heterocycles. The summed E-state index contributed by atoms with van der Waals surface area (Å²) in [6.45, 7) is 4.44. The van der Waals surface area contributed by atoms with E-state index in [1.165, 1.54) is 4.90 Å². The monoisotopic (exact) mass is 304 g/mol. The van der Waals surface area contributed by atoms with E-state index in [1.807, 2.05) is 6.92 Å². The van der Waals surface area contributed by atoms with E-state index in [0.717, 1.165) is 12.1 Å². The molecule has 0 unspecified atom stereocenters. The van der Waals surface area contributed by atoms with E-state index in [0.29, 0.717) is 13.1 Å². The Morgan fingerprint density at radius 3 is 2.29 bits per heavy atom. The second kappa shape index (κ2) is 7.14. The summed E-state index contributed by atoms with van der Waals surface area (Å²) >= 11 is 0. The Morgan fingerprint density at radius 1 is 1.24 bits per heavy atom. The number of carbonyl (C=O) groups excluding carboxylic acids is 1. The highest BCUT2D eigenvalue weighted by molar-refractivity contribution is 5.80. The van der Waals surface area contributed by atoms with Crippen molar-refractivity contribution in [3.63, 3.8) is 0 Å². The topological polar surface area (TPSA) is 57.3 Å². The van der Waals surface area contributed by atoms with E-state index >= 15 is 0 Å². The average molecular weight is 304 g/mol. The summed E-state index contributed by atoms with van der Waals surface area (Å²) < 4.78 is 38.4. The van der Waals surface area contributed by atoms with Crippen molar-refractivity contribution in [1.29, 1.82) is 0 Å². The van der Waals surface area contributed by atoms with Crippen LogP contribution in [0.3, 0.4) is 0 Å². The number of anilines is 2. The van der Waals surface area contributed by atoms with E-state index in [2.05, 4.69) is 15.6 Å². The molecule has 0 spiro atoms. The highest BCUT2D eigenvalue weighted by atomic mass is 19.4. The molecule has 0 radical (unpaired) electrons. The number of amides is 1. The fraction of sp³-hybridized carbons (Fsp3) is 0.538. The molecule has 0 saturated heterocycles. The summed E-state index contributed by atoms with van der Waals surface area (Å²) in [6.07, 6.45) is -4.46. The van der Waals surface area contributed by atoms with Gasteiger partial charge in [0.05, 0.1) is 12.1 Å². The number of halogens is 3. The van der Waals surface area contributed by atoms with Gasteiger partial charge in [-0.15, -0.1) is 0 Å². The number of likely N-dealkylation sites (N-methyl/N-ethyl adjacent to an activating group) is 1. The van der Waals surface area contributed by atoms with Crippen molar-refractivity contribution >= 4 is 17.5 Å². The number of rotatable bonds is 6. The summed E-state index contributed by atoms with van der Waals surface area (Å²) in [4.78, 5) is 17.1. The van der Waals surface area contributed by atoms with Gasteiger partial charge in [-0.25, -0.2) is 4.98 Å². The second-order valence-corrected chi connectivity index (χ2v) is 4.42. The number of pyridine rings is 1. The first-order chi connectivity index (χ1) is 9.77. The lowest BCUT2D eigenvalue weighted by molar-refractivity contribution is -0.137. The number of nitrogens with zero attached hydrogens (tertiary/aromatic N) is 2. The van der Waals surface area contributed by atoms with Gasteiger partial charge < -0.3 is 15.5 Å². The molecule has 5 nitrogen and oxygen atoms in total. The van der Waals surface area contributed by atoms with Crippen LogP contribution in [0, 0.1) is 0 Å². The van der Waals surface area contributed by atoms with Gasteiger partial charge in [0.2, 0.25) is 5.91 Å². The third kappa shape index (κ3) is 5.13. The standard InChI is InChI=1S/C13H19F3N4O/c1-4-17-10-6-9(13(14,15)16)7-11(19-10)18-8-12(21)20(3)5-2/h6-7H,4-5,8H2,1-3H3,(H2,17,18,19). The SMILES string of the molecule is CCNc1cc(C(F)(F)F)cc(NCC(=O)N(C)CC)n1. The minimum atomic E-state index is -4.46. The van der Waals surface area contributed by atoms with Gasteiger partial charge in [0.25, 0.3) is 0 Å². The summed E-state index contributed by atoms with van der Waals surface area (Å²) in [5.74, 6) is -0.0912. The molecular formula is C13H19F3N4O. The molecule has 1 aromatic rings. The molecule has 8 heteroatoms. The summed E-state index contributed by atoms with van der Waals surface area (Å²) in [5, 5.41) is 5.36. The maximum absolute atomic E-state index is 12.8. The largest absolute Gasteiger partial charge is 0.416 e. The van der Waals surface area contributed by atoms with Gasteiger partial charge in [0, 0.05) is 20.1 Å². The summed E-state index contributed by atoms with van der Waals surface area (Å²) in [7, 11) is 1.62. The molecule has 1 heterocycles. The van der Waals surface area contributed by atoms with Crippen LogP contribution in [0.2, 0.25) is 0 Å². The predicted molar refractivity (Wildman–Crippen MR) is 75.2 cm³/mol. The number of alkyl halides is 3. The molecule has 118 valence electrons. The zero-order valence-corrected chi connectivity index (χ0v) is 12.2. The van der Waals surface area contributed by atoms with Crippen molar-refractivity contribution in [3.8, 4) is 0 Å². The van der Waals surface area contributed by atoms with E-state index in [4.69, 9.17) is 0 Å². The van der Waals surface area contributed by atoms with Crippen molar-refractivity contribution in [3.05, 3.63) is 17.7 Å². The van der Waals surface area contributed by atoms with Crippen LogP contribution in [-0.4, -0.2) is 42.5 Å². The fourth-order valence-electron chi connectivity index (χ4n) is 1.53. The maximum Gasteiger partial charge on any atom is 0.416 e. The normalized spacial score (nSPS) is 11.1. The Labute approximate surface area is 121 Å². The van der Waals surface area contributed by atoms with Gasteiger partial charge in [0.15, 0.2) is 0 Å². The molecule has 21 heavy (non-hydrogen) atoms. The minimum absolute atomic E-state index is 0.0126. The molecule has 1 amide bonds. The molecule has 0 aliphatic heterocycles. The number of nitrogens with one attached hydrogen (secondary N) is 2.